The first-order valence-electron chi connectivity index (χ1n) is 3.84. The molecule has 0 aromatic heterocycles. The van der Waals surface area contributed by atoms with Crippen molar-refractivity contribution in [2.75, 3.05) is 0 Å². The Hall–Kier alpha value is -1.44. The first-order valence-corrected chi connectivity index (χ1v) is 3.84. The molecular weight excluding hydrogens is 150 g/mol. The van der Waals surface area contributed by atoms with Gasteiger partial charge in [0.05, 0.1) is 0 Å². The summed E-state index contributed by atoms with van der Waals surface area (Å²) >= 11 is 0. The Morgan fingerprint density at radius 1 is 1.50 bits per heavy atom. The smallest absolute Gasteiger partial charge is 0.180 e. The maximum atomic E-state index is 11.1. The van der Waals surface area contributed by atoms with E-state index in [2.05, 4.69) is 6.07 Å². The number of nitrogens with one attached hydrogen (secondary N) is 1. The van der Waals surface area contributed by atoms with E-state index in [4.69, 9.17) is 5.41 Å². The maximum Gasteiger partial charge on any atom is 0.180 e. The highest BCUT2D eigenvalue weighted by Gasteiger charge is 2.07. The van der Waals surface area contributed by atoms with Gasteiger partial charge in [0.2, 0.25) is 0 Å². The van der Waals surface area contributed by atoms with E-state index in [0.717, 1.165) is 0 Å². The van der Waals surface area contributed by atoms with E-state index in [1.165, 1.54) is 0 Å². The van der Waals surface area contributed by atoms with Gasteiger partial charge in [0.1, 0.15) is 5.71 Å². The van der Waals surface area contributed by atoms with Crippen molar-refractivity contribution >= 4 is 11.5 Å². The summed E-state index contributed by atoms with van der Waals surface area (Å²) in [6.45, 7) is 1.76. The number of hydrogen-bond donors (Lipinski definition) is 1. The highest BCUT2D eigenvalue weighted by molar-refractivity contribution is 6.44. The molecule has 0 saturated carbocycles. The maximum absolute atomic E-state index is 11.1. The van der Waals surface area contributed by atoms with E-state index in [-0.39, 0.29) is 11.5 Å². The Kier molecular flexibility index (Phi) is 2.75. The van der Waals surface area contributed by atoms with Crippen molar-refractivity contribution < 1.29 is 4.79 Å². The summed E-state index contributed by atoms with van der Waals surface area (Å²) in [5.74, 6) is -0.124. The number of rotatable bonds is 3. The summed E-state index contributed by atoms with van der Waals surface area (Å²) in [6.07, 6.45) is 0.386. The van der Waals surface area contributed by atoms with Crippen LogP contribution in [0.3, 0.4) is 0 Å². The van der Waals surface area contributed by atoms with Gasteiger partial charge in [-0.2, -0.15) is 0 Å². The number of hydrogen-bond acceptors (Lipinski definition) is 2. The Morgan fingerprint density at radius 3 is 2.58 bits per heavy atom. The van der Waals surface area contributed by atoms with Crippen LogP contribution in [0.4, 0.5) is 0 Å². The third-order valence-corrected chi connectivity index (χ3v) is 1.61. The van der Waals surface area contributed by atoms with Crippen LogP contribution in [0.2, 0.25) is 0 Å². The van der Waals surface area contributed by atoms with Gasteiger partial charge < -0.3 is 0 Å². The summed E-state index contributed by atoms with van der Waals surface area (Å²) in [5.41, 5.74) is 0.757. The first-order chi connectivity index (χ1) is 5.75. The molecule has 1 aromatic rings. The lowest BCUT2D eigenvalue weighted by atomic mass is 10.1. The standard InChI is InChI=1S/C10H10NO/c1-2-9(12)10(11)8-6-4-3-5-7-8/h4-7,11H,2H2,1H3. The Morgan fingerprint density at radius 2 is 2.08 bits per heavy atom. The number of Topliss-reactive ketones (excluding diaryl/α,β-unsaturated/α-hetero) is 1. The van der Waals surface area contributed by atoms with Crippen molar-refractivity contribution in [1.82, 2.24) is 0 Å². The quantitative estimate of drug-likeness (QED) is 0.673. The third kappa shape index (κ3) is 1.78. The molecule has 1 N–H and O–H groups in total. The van der Waals surface area contributed by atoms with Gasteiger partial charge in [0, 0.05) is 12.0 Å². The zero-order valence-electron chi connectivity index (χ0n) is 6.92. The normalized spacial score (nSPS) is 9.42. The molecule has 1 radical (unpaired) electrons. The van der Waals surface area contributed by atoms with Crippen molar-refractivity contribution in [3.05, 3.63) is 35.9 Å². The van der Waals surface area contributed by atoms with Crippen LogP contribution in [0, 0.1) is 11.5 Å². The molecule has 0 heterocycles. The van der Waals surface area contributed by atoms with Gasteiger partial charge in [-0.1, -0.05) is 31.2 Å². The van der Waals surface area contributed by atoms with Gasteiger partial charge in [-0.3, -0.25) is 10.2 Å². The minimum absolute atomic E-state index is 0.0894. The second kappa shape index (κ2) is 3.81. The largest absolute Gasteiger partial charge is 0.297 e. The number of carbonyl (C=O) groups is 1. The molecule has 0 aliphatic carbocycles. The molecule has 0 spiro atoms. The van der Waals surface area contributed by atoms with Crippen LogP contribution >= 0.6 is 0 Å². The Labute approximate surface area is 71.7 Å². The molecule has 0 aliphatic rings. The fourth-order valence-electron chi connectivity index (χ4n) is 0.891. The van der Waals surface area contributed by atoms with Gasteiger partial charge in [-0.05, 0) is 6.07 Å². The third-order valence-electron chi connectivity index (χ3n) is 1.61. The molecule has 0 amide bonds. The highest BCUT2D eigenvalue weighted by Crippen LogP contribution is 2.01. The first kappa shape index (κ1) is 8.65. The van der Waals surface area contributed by atoms with Crippen LogP contribution in [0.25, 0.3) is 0 Å². The lowest BCUT2D eigenvalue weighted by molar-refractivity contribution is -0.112. The minimum atomic E-state index is -0.124. The zero-order chi connectivity index (χ0) is 8.97. The fourth-order valence-corrected chi connectivity index (χ4v) is 0.891. The summed E-state index contributed by atoms with van der Waals surface area (Å²) < 4.78 is 0. The van der Waals surface area contributed by atoms with Crippen LogP contribution in [0.15, 0.2) is 24.3 Å². The molecule has 0 atom stereocenters. The predicted molar refractivity (Wildman–Crippen MR) is 47.4 cm³/mol. The molecule has 0 unspecified atom stereocenters. The van der Waals surface area contributed by atoms with Crippen molar-refractivity contribution in [1.29, 1.82) is 5.41 Å². The summed E-state index contributed by atoms with van der Waals surface area (Å²) in [7, 11) is 0. The van der Waals surface area contributed by atoms with Crippen molar-refractivity contribution in [2.45, 2.75) is 13.3 Å². The molecule has 12 heavy (non-hydrogen) atoms. The van der Waals surface area contributed by atoms with Crippen LogP contribution < -0.4 is 0 Å². The van der Waals surface area contributed by atoms with Gasteiger partial charge in [0.25, 0.3) is 0 Å². The van der Waals surface area contributed by atoms with E-state index in [1.807, 2.05) is 0 Å². The van der Waals surface area contributed by atoms with E-state index < -0.39 is 0 Å². The molecule has 1 aromatic carbocycles. The molecule has 0 bridgehead atoms. The van der Waals surface area contributed by atoms with Crippen LogP contribution in [0.5, 0.6) is 0 Å². The Balaban J connectivity index is 2.86. The molecule has 61 valence electrons. The lowest BCUT2D eigenvalue weighted by Crippen LogP contribution is -2.12. The Bertz CT molecular complexity index is 290. The molecule has 2 nitrogen and oxygen atoms in total. The van der Waals surface area contributed by atoms with E-state index in [1.54, 1.807) is 31.2 Å². The highest BCUT2D eigenvalue weighted by atomic mass is 16.1. The van der Waals surface area contributed by atoms with Gasteiger partial charge in [-0.25, -0.2) is 0 Å². The second-order valence-corrected chi connectivity index (χ2v) is 2.44. The molecule has 0 saturated heterocycles. The van der Waals surface area contributed by atoms with Crippen LogP contribution in [-0.4, -0.2) is 11.5 Å². The molecule has 1 rings (SSSR count). The van der Waals surface area contributed by atoms with Gasteiger partial charge in [-0.15, -0.1) is 0 Å². The summed E-state index contributed by atoms with van der Waals surface area (Å²) in [6, 6.07) is 9.68. The molecular formula is C10H10NO. The van der Waals surface area contributed by atoms with E-state index in [0.29, 0.717) is 12.0 Å². The monoisotopic (exact) mass is 160 g/mol. The second-order valence-electron chi connectivity index (χ2n) is 2.44. The summed E-state index contributed by atoms with van der Waals surface area (Å²) in [5, 5.41) is 7.47. The molecule has 2 heteroatoms. The number of carbonyl (C=O) groups excluding carboxylic acids is 1. The average molecular weight is 160 g/mol. The van der Waals surface area contributed by atoms with E-state index in [9.17, 15) is 4.79 Å². The fraction of sp³-hybridized carbons (Fsp3) is 0.200. The van der Waals surface area contributed by atoms with Crippen molar-refractivity contribution in [3.63, 3.8) is 0 Å². The SMILES string of the molecule is CCC(=O)C(=N)c1cc[c]cc1. The number of ketones is 1. The van der Waals surface area contributed by atoms with Gasteiger partial charge >= 0.3 is 0 Å². The zero-order valence-corrected chi connectivity index (χ0v) is 6.92. The van der Waals surface area contributed by atoms with Crippen LogP contribution in [-0.2, 0) is 4.79 Å². The minimum Gasteiger partial charge on any atom is -0.297 e. The van der Waals surface area contributed by atoms with Crippen LogP contribution in [0.1, 0.15) is 18.9 Å². The summed E-state index contributed by atoms with van der Waals surface area (Å²) in [4.78, 5) is 11.1. The predicted octanol–water partition coefficient (Wildman–Crippen LogP) is 1.83. The van der Waals surface area contributed by atoms with E-state index >= 15 is 0 Å². The topological polar surface area (TPSA) is 40.9 Å². The average Bonchev–Trinajstić information content (AvgIpc) is 2.17. The number of benzene rings is 1. The van der Waals surface area contributed by atoms with Crippen molar-refractivity contribution in [3.8, 4) is 0 Å². The van der Waals surface area contributed by atoms with Gasteiger partial charge in [0.15, 0.2) is 5.78 Å². The molecule has 0 fully saturated rings. The molecule has 0 aliphatic heterocycles. The lowest BCUT2D eigenvalue weighted by Gasteiger charge is -1.99. The van der Waals surface area contributed by atoms with Crippen molar-refractivity contribution in [2.24, 2.45) is 0 Å².